The van der Waals surface area contributed by atoms with Crippen LogP contribution in [0.3, 0.4) is 0 Å². The second-order valence-electron chi connectivity index (χ2n) is 7.88. The number of rotatable bonds is 2. The van der Waals surface area contributed by atoms with E-state index in [0.717, 1.165) is 48.2 Å². The van der Waals surface area contributed by atoms with Crippen molar-refractivity contribution in [1.82, 2.24) is 4.90 Å². The van der Waals surface area contributed by atoms with Crippen LogP contribution in [0.25, 0.3) is 0 Å². The molecule has 3 rings (SSSR count). The van der Waals surface area contributed by atoms with Gasteiger partial charge in [0.1, 0.15) is 17.5 Å². The van der Waals surface area contributed by atoms with E-state index in [1.54, 1.807) is 6.92 Å². The molecule has 0 unspecified atom stereocenters. The number of hydrogen-bond donors (Lipinski definition) is 1. The molecule has 2 aliphatic rings. The van der Waals surface area contributed by atoms with E-state index in [4.69, 9.17) is 0 Å². The van der Waals surface area contributed by atoms with E-state index in [-0.39, 0.29) is 23.7 Å². The highest BCUT2D eigenvalue weighted by Gasteiger charge is 2.47. The van der Waals surface area contributed by atoms with E-state index in [0.29, 0.717) is 12.8 Å². The van der Waals surface area contributed by atoms with Gasteiger partial charge in [0.05, 0.1) is 6.73 Å². The first kappa shape index (κ1) is 18.8. The van der Waals surface area contributed by atoms with E-state index in [2.05, 4.69) is 11.8 Å². The molecule has 2 fully saturated rings. The van der Waals surface area contributed by atoms with Crippen LogP contribution >= 0.6 is 0 Å². The number of aliphatic hydroxyl groups excluding tert-OH is 1. The lowest BCUT2D eigenvalue weighted by atomic mass is 9.62. The van der Waals surface area contributed by atoms with Crippen LogP contribution in [-0.4, -0.2) is 41.4 Å². The van der Waals surface area contributed by atoms with Crippen LogP contribution in [0.5, 0.6) is 0 Å². The average Bonchev–Trinajstić information content (AvgIpc) is 2.58. The third-order valence-corrected chi connectivity index (χ3v) is 6.01. The number of carbonyl (C=O) groups excluding carboxylic acids is 2. The zero-order chi connectivity index (χ0) is 18.9. The van der Waals surface area contributed by atoms with Crippen molar-refractivity contribution in [3.8, 4) is 11.8 Å². The first-order valence-electron chi connectivity index (χ1n) is 9.32. The van der Waals surface area contributed by atoms with Crippen LogP contribution in [0.1, 0.15) is 60.8 Å². The predicted octanol–water partition coefficient (Wildman–Crippen LogP) is 2.72. The Balaban J connectivity index is 1.87. The highest BCUT2D eigenvalue weighted by Crippen LogP contribution is 2.46. The fourth-order valence-corrected chi connectivity index (χ4v) is 4.68. The van der Waals surface area contributed by atoms with Gasteiger partial charge in [-0.15, -0.1) is 5.92 Å². The van der Waals surface area contributed by atoms with Gasteiger partial charge in [-0.3, -0.25) is 14.5 Å². The zero-order valence-electron chi connectivity index (χ0n) is 15.9. The van der Waals surface area contributed by atoms with Crippen LogP contribution in [0, 0.1) is 31.1 Å². The Bertz CT molecular complexity index is 748. The fraction of sp³-hybridized carbons (Fsp3) is 0.545. The second-order valence-corrected chi connectivity index (χ2v) is 7.88. The number of benzene rings is 1. The molecule has 1 aromatic rings. The van der Waals surface area contributed by atoms with Crippen molar-refractivity contribution in [2.24, 2.45) is 5.41 Å². The summed E-state index contributed by atoms with van der Waals surface area (Å²) in [4.78, 5) is 28.0. The van der Waals surface area contributed by atoms with Crippen molar-refractivity contribution in [2.75, 3.05) is 19.8 Å². The number of carbonyl (C=O) groups is 2. The Morgan fingerprint density at radius 2 is 1.65 bits per heavy atom. The molecular formula is C22H27NO3. The van der Waals surface area contributed by atoms with Gasteiger partial charge < -0.3 is 5.11 Å². The topological polar surface area (TPSA) is 57.6 Å². The Hall–Kier alpha value is -1.96. The van der Waals surface area contributed by atoms with Crippen molar-refractivity contribution < 1.29 is 14.7 Å². The van der Waals surface area contributed by atoms with Crippen LogP contribution in [0.4, 0.5) is 0 Å². The largest absolute Gasteiger partial charge is 0.381 e. The smallest absolute Gasteiger partial charge is 0.148 e. The lowest BCUT2D eigenvalue weighted by Crippen LogP contribution is -2.47. The van der Waals surface area contributed by atoms with Gasteiger partial charge in [0.15, 0.2) is 0 Å². The van der Waals surface area contributed by atoms with Crippen LogP contribution < -0.4 is 0 Å². The molecule has 4 nitrogen and oxygen atoms in total. The number of piperidine rings is 1. The summed E-state index contributed by atoms with van der Waals surface area (Å²) in [6.07, 6.45) is 2.55. The normalized spacial score (nSPS) is 20.9. The molecule has 138 valence electrons. The van der Waals surface area contributed by atoms with Gasteiger partial charge in [0.25, 0.3) is 0 Å². The van der Waals surface area contributed by atoms with Gasteiger partial charge in [-0.25, -0.2) is 0 Å². The molecule has 26 heavy (non-hydrogen) atoms. The van der Waals surface area contributed by atoms with E-state index in [1.807, 2.05) is 30.9 Å². The number of Topliss-reactive ketones (excluding diaryl/α,β-unsaturated/α-hetero) is 2. The number of likely N-dealkylation sites (tertiary alicyclic amines) is 1. The van der Waals surface area contributed by atoms with Gasteiger partial charge in [-0.1, -0.05) is 5.92 Å². The van der Waals surface area contributed by atoms with E-state index in [1.165, 1.54) is 0 Å². The van der Waals surface area contributed by atoms with Gasteiger partial charge in [0, 0.05) is 31.5 Å². The Morgan fingerprint density at radius 1 is 1.12 bits per heavy atom. The SMILES string of the molecule is CC#Cc1cc(C)c(C2C(=O)CC3(CCN(CO)CC3)CC2=O)c(C)c1. The first-order valence-corrected chi connectivity index (χ1v) is 9.32. The number of nitrogens with zero attached hydrogens (tertiary/aromatic N) is 1. The molecule has 4 heteroatoms. The number of hydrogen-bond acceptors (Lipinski definition) is 4. The average molecular weight is 353 g/mol. The standard InChI is InChI=1S/C22H27NO3/c1-4-5-17-10-15(2)20(16(3)11-17)21-18(25)12-22(13-19(21)26)6-8-23(14-24)9-7-22/h10-11,21,24H,6-9,12-14H2,1-3H3. The molecule has 1 aromatic carbocycles. The predicted molar refractivity (Wildman–Crippen MR) is 101 cm³/mol. The summed E-state index contributed by atoms with van der Waals surface area (Å²) < 4.78 is 0. The monoisotopic (exact) mass is 353 g/mol. The second kappa shape index (κ2) is 7.34. The maximum absolute atomic E-state index is 13.0. The molecule has 1 saturated carbocycles. The third-order valence-electron chi connectivity index (χ3n) is 6.01. The van der Waals surface area contributed by atoms with Gasteiger partial charge >= 0.3 is 0 Å². The highest BCUT2D eigenvalue weighted by molar-refractivity contribution is 6.10. The quantitative estimate of drug-likeness (QED) is 0.656. The number of aryl methyl sites for hydroxylation is 2. The van der Waals surface area contributed by atoms with Crippen molar-refractivity contribution in [3.63, 3.8) is 0 Å². The van der Waals surface area contributed by atoms with E-state index < -0.39 is 5.92 Å². The van der Waals surface area contributed by atoms with Gasteiger partial charge in [-0.05, 0) is 67.9 Å². The molecule has 1 heterocycles. The maximum Gasteiger partial charge on any atom is 0.148 e. The lowest BCUT2D eigenvalue weighted by molar-refractivity contribution is -0.138. The maximum atomic E-state index is 13.0. The fourth-order valence-electron chi connectivity index (χ4n) is 4.68. The minimum atomic E-state index is -0.625. The minimum absolute atomic E-state index is 0.0476. The summed E-state index contributed by atoms with van der Waals surface area (Å²) in [5.74, 6) is 5.43. The summed E-state index contributed by atoms with van der Waals surface area (Å²) >= 11 is 0. The Kier molecular flexibility index (Phi) is 5.32. The number of ketones is 2. The van der Waals surface area contributed by atoms with Gasteiger partial charge in [0.2, 0.25) is 0 Å². The van der Waals surface area contributed by atoms with Crippen LogP contribution in [-0.2, 0) is 9.59 Å². The first-order chi connectivity index (χ1) is 12.4. The molecule has 1 N–H and O–H groups in total. The molecule has 1 spiro atoms. The van der Waals surface area contributed by atoms with Crippen molar-refractivity contribution >= 4 is 11.6 Å². The molecule has 0 radical (unpaired) electrons. The summed E-state index contributed by atoms with van der Waals surface area (Å²) in [6.45, 7) is 7.29. The summed E-state index contributed by atoms with van der Waals surface area (Å²) in [7, 11) is 0. The third kappa shape index (κ3) is 3.47. The molecule has 1 aliphatic heterocycles. The summed E-state index contributed by atoms with van der Waals surface area (Å²) in [5, 5.41) is 9.28. The highest BCUT2D eigenvalue weighted by atomic mass is 16.3. The zero-order valence-corrected chi connectivity index (χ0v) is 15.9. The Morgan fingerprint density at radius 3 is 2.12 bits per heavy atom. The molecule has 0 bridgehead atoms. The van der Waals surface area contributed by atoms with Crippen molar-refractivity contribution in [2.45, 2.75) is 52.4 Å². The minimum Gasteiger partial charge on any atom is -0.381 e. The van der Waals surface area contributed by atoms with E-state index in [9.17, 15) is 14.7 Å². The van der Waals surface area contributed by atoms with Crippen LogP contribution in [0.15, 0.2) is 12.1 Å². The molecule has 1 saturated heterocycles. The van der Waals surface area contributed by atoms with E-state index >= 15 is 0 Å². The lowest BCUT2D eigenvalue weighted by Gasteiger charge is -2.44. The molecular weight excluding hydrogens is 326 g/mol. The Labute approximate surface area is 155 Å². The molecule has 0 atom stereocenters. The summed E-state index contributed by atoms with van der Waals surface area (Å²) in [5.41, 5.74) is 3.55. The molecule has 0 aromatic heterocycles. The van der Waals surface area contributed by atoms with Crippen LogP contribution in [0.2, 0.25) is 0 Å². The number of aliphatic hydroxyl groups is 1. The summed E-state index contributed by atoms with van der Waals surface area (Å²) in [6, 6.07) is 3.95. The van der Waals surface area contributed by atoms with Gasteiger partial charge in [-0.2, -0.15) is 0 Å². The molecule has 0 amide bonds. The molecule has 1 aliphatic carbocycles. The van der Waals surface area contributed by atoms with Crippen molar-refractivity contribution in [3.05, 3.63) is 34.4 Å². The van der Waals surface area contributed by atoms with Crippen molar-refractivity contribution in [1.29, 1.82) is 0 Å².